The van der Waals surface area contributed by atoms with Crippen LogP contribution < -0.4 is 5.32 Å². The maximum atomic E-state index is 11.8. The van der Waals surface area contributed by atoms with Crippen LogP contribution in [0.4, 0.5) is 5.82 Å². The Bertz CT molecular complexity index is 599. The van der Waals surface area contributed by atoms with Crippen molar-refractivity contribution in [2.24, 2.45) is 0 Å². The molecular formula is C12H9Cl2N3O2. The number of carbonyl (C=O) groups excluding carboxylic acids is 1. The average Bonchev–Trinajstić information content (AvgIpc) is 2.30. The SMILES string of the molecule is O=C(Cc1ccccc1O)Nc1cc(Cl)nc(Cl)n1. The lowest BCUT2D eigenvalue weighted by atomic mass is 10.1. The molecule has 2 N–H and O–H groups in total. The van der Waals surface area contributed by atoms with E-state index in [-0.39, 0.29) is 34.3 Å². The van der Waals surface area contributed by atoms with Crippen LogP contribution in [0.2, 0.25) is 10.4 Å². The van der Waals surface area contributed by atoms with Gasteiger partial charge in [-0.15, -0.1) is 0 Å². The molecule has 1 amide bonds. The minimum atomic E-state index is -0.340. The summed E-state index contributed by atoms with van der Waals surface area (Å²) >= 11 is 11.3. The standard InChI is InChI=1S/C12H9Cl2N3O2/c13-9-6-10(17-12(14)15-9)16-11(19)5-7-3-1-2-4-8(7)18/h1-4,6,18H,5H2,(H,15,16,17,19). The Morgan fingerprint density at radius 1 is 1.26 bits per heavy atom. The summed E-state index contributed by atoms with van der Waals surface area (Å²) < 4.78 is 0. The van der Waals surface area contributed by atoms with Crippen LogP contribution in [0, 0.1) is 0 Å². The largest absolute Gasteiger partial charge is 0.508 e. The van der Waals surface area contributed by atoms with E-state index in [2.05, 4.69) is 15.3 Å². The molecule has 1 aromatic carbocycles. The molecule has 0 radical (unpaired) electrons. The molecule has 2 aromatic rings. The third kappa shape index (κ3) is 3.81. The van der Waals surface area contributed by atoms with Crippen LogP contribution in [0.5, 0.6) is 5.75 Å². The van der Waals surface area contributed by atoms with E-state index in [1.54, 1.807) is 18.2 Å². The second-order valence-electron chi connectivity index (χ2n) is 3.70. The topological polar surface area (TPSA) is 75.1 Å². The highest BCUT2D eigenvalue weighted by atomic mass is 35.5. The molecule has 7 heteroatoms. The molecule has 0 aliphatic heterocycles. The number of rotatable bonds is 3. The van der Waals surface area contributed by atoms with Crippen LogP contribution in [0.25, 0.3) is 0 Å². The molecular weight excluding hydrogens is 289 g/mol. The number of phenols is 1. The zero-order chi connectivity index (χ0) is 13.8. The predicted molar refractivity (Wildman–Crippen MR) is 72.5 cm³/mol. The quantitative estimate of drug-likeness (QED) is 0.675. The number of benzene rings is 1. The Hall–Kier alpha value is -1.85. The number of hydrogen-bond donors (Lipinski definition) is 2. The number of nitrogens with zero attached hydrogens (tertiary/aromatic N) is 2. The molecule has 0 bridgehead atoms. The maximum Gasteiger partial charge on any atom is 0.230 e. The number of para-hydroxylation sites is 1. The predicted octanol–water partition coefficient (Wildman–Crippen LogP) is 2.67. The lowest BCUT2D eigenvalue weighted by Crippen LogP contribution is -2.15. The summed E-state index contributed by atoms with van der Waals surface area (Å²) in [5.74, 6) is -0.0610. The van der Waals surface area contributed by atoms with Gasteiger partial charge in [-0.2, -0.15) is 0 Å². The van der Waals surface area contributed by atoms with Crippen molar-refractivity contribution in [3.63, 3.8) is 0 Å². The number of hydrogen-bond acceptors (Lipinski definition) is 4. The summed E-state index contributed by atoms with van der Waals surface area (Å²) in [6.07, 6.45) is 0.0198. The number of aromatic hydroxyl groups is 1. The first-order valence-electron chi connectivity index (χ1n) is 5.31. The van der Waals surface area contributed by atoms with Crippen LogP contribution in [-0.2, 0) is 11.2 Å². The summed E-state index contributed by atoms with van der Waals surface area (Å²) in [4.78, 5) is 19.3. The minimum Gasteiger partial charge on any atom is -0.508 e. The van der Waals surface area contributed by atoms with Gasteiger partial charge < -0.3 is 10.4 Å². The molecule has 0 atom stereocenters. The fourth-order valence-electron chi connectivity index (χ4n) is 1.47. The Morgan fingerprint density at radius 2 is 2.00 bits per heavy atom. The van der Waals surface area contributed by atoms with Crippen molar-refractivity contribution in [2.45, 2.75) is 6.42 Å². The summed E-state index contributed by atoms with van der Waals surface area (Å²) in [7, 11) is 0. The maximum absolute atomic E-state index is 11.8. The molecule has 98 valence electrons. The van der Waals surface area contributed by atoms with Gasteiger partial charge in [0.15, 0.2) is 0 Å². The number of nitrogens with one attached hydrogen (secondary N) is 1. The number of halogens is 2. The Morgan fingerprint density at radius 3 is 2.68 bits per heavy atom. The first kappa shape index (κ1) is 13.6. The fourth-order valence-corrected chi connectivity index (χ4v) is 1.88. The monoisotopic (exact) mass is 297 g/mol. The molecule has 0 spiro atoms. The van der Waals surface area contributed by atoms with Gasteiger partial charge in [-0.05, 0) is 17.7 Å². The van der Waals surface area contributed by atoms with E-state index in [4.69, 9.17) is 23.2 Å². The number of phenolic OH excluding ortho intramolecular Hbond substituents is 1. The zero-order valence-electron chi connectivity index (χ0n) is 9.60. The van der Waals surface area contributed by atoms with Crippen LogP contribution in [0.1, 0.15) is 5.56 Å². The van der Waals surface area contributed by atoms with Gasteiger partial charge in [0, 0.05) is 11.6 Å². The van der Waals surface area contributed by atoms with Crippen LogP contribution >= 0.6 is 23.2 Å². The van der Waals surface area contributed by atoms with Crippen molar-refractivity contribution < 1.29 is 9.90 Å². The Kier molecular flexibility index (Phi) is 4.19. The molecule has 0 aliphatic rings. The van der Waals surface area contributed by atoms with Crippen molar-refractivity contribution in [2.75, 3.05) is 5.32 Å². The minimum absolute atomic E-state index is 0.0198. The second-order valence-corrected chi connectivity index (χ2v) is 4.42. The molecule has 19 heavy (non-hydrogen) atoms. The summed E-state index contributed by atoms with van der Waals surface area (Å²) in [5.41, 5.74) is 0.520. The first-order valence-corrected chi connectivity index (χ1v) is 6.07. The number of aromatic nitrogens is 2. The van der Waals surface area contributed by atoms with Gasteiger partial charge in [-0.1, -0.05) is 29.8 Å². The van der Waals surface area contributed by atoms with Gasteiger partial charge in [-0.3, -0.25) is 4.79 Å². The van der Waals surface area contributed by atoms with E-state index in [9.17, 15) is 9.90 Å². The first-order chi connectivity index (χ1) is 9.04. The smallest absolute Gasteiger partial charge is 0.230 e. The van der Waals surface area contributed by atoms with Gasteiger partial charge >= 0.3 is 0 Å². The van der Waals surface area contributed by atoms with Crippen LogP contribution in [0.3, 0.4) is 0 Å². The molecule has 1 heterocycles. The van der Waals surface area contributed by atoms with E-state index in [0.717, 1.165) is 0 Å². The molecule has 0 unspecified atom stereocenters. The van der Waals surface area contributed by atoms with Crippen molar-refractivity contribution in [1.82, 2.24) is 9.97 Å². The molecule has 0 saturated carbocycles. The second kappa shape index (κ2) is 5.86. The van der Waals surface area contributed by atoms with Gasteiger partial charge in [0.2, 0.25) is 11.2 Å². The van der Waals surface area contributed by atoms with Crippen molar-refractivity contribution in [3.8, 4) is 5.75 Å². The van der Waals surface area contributed by atoms with Crippen molar-refractivity contribution in [1.29, 1.82) is 0 Å². The van der Waals surface area contributed by atoms with Gasteiger partial charge in [0.1, 0.15) is 16.7 Å². The highest BCUT2D eigenvalue weighted by molar-refractivity contribution is 6.32. The van der Waals surface area contributed by atoms with Crippen molar-refractivity contribution >= 4 is 34.9 Å². The Balaban J connectivity index is 2.07. The number of anilines is 1. The van der Waals surface area contributed by atoms with E-state index in [0.29, 0.717) is 5.56 Å². The van der Waals surface area contributed by atoms with E-state index in [1.165, 1.54) is 12.1 Å². The molecule has 5 nitrogen and oxygen atoms in total. The average molecular weight is 298 g/mol. The molecule has 2 rings (SSSR count). The molecule has 0 aliphatic carbocycles. The fraction of sp³-hybridized carbons (Fsp3) is 0.0833. The van der Waals surface area contributed by atoms with Crippen molar-refractivity contribution in [3.05, 3.63) is 46.3 Å². The number of amides is 1. The third-order valence-corrected chi connectivity index (χ3v) is 2.64. The molecule has 1 aromatic heterocycles. The van der Waals surface area contributed by atoms with Crippen LogP contribution in [-0.4, -0.2) is 21.0 Å². The lowest BCUT2D eigenvalue weighted by molar-refractivity contribution is -0.115. The van der Waals surface area contributed by atoms with E-state index in [1.807, 2.05) is 0 Å². The van der Waals surface area contributed by atoms with E-state index < -0.39 is 0 Å². The molecule has 0 saturated heterocycles. The van der Waals surface area contributed by atoms with Gasteiger partial charge in [-0.25, -0.2) is 9.97 Å². The third-order valence-electron chi connectivity index (χ3n) is 2.28. The van der Waals surface area contributed by atoms with Gasteiger partial charge in [0.05, 0.1) is 6.42 Å². The Labute approximate surface area is 119 Å². The zero-order valence-corrected chi connectivity index (χ0v) is 11.1. The van der Waals surface area contributed by atoms with Crippen LogP contribution in [0.15, 0.2) is 30.3 Å². The lowest BCUT2D eigenvalue weighted by Gasteiger charge is -2.06. The van der Waals surface area contributed by atoms with Gasteiger partial charge in [0.25, 0.3) is 0 Å². The highest BCUT2D eigenvalue weighted by Crippen LogP contribution is 2.18. The number of carbonyl (C=O) groups is 1. The summed E-state index contributed by atoms with van der Waals surface area (Å²) in [6, 6.07) is 7.98. The summed E-state index contributed by atoms with van der Waals surface area (Å²) in [6.45, 7) is 0. The summed E-state index contributed by atoms with van der Waals surface area (Å²) in [5, 5.41) is 12.2. The van der Waals surface area contributed by atoms with E-state index >= 15 is 0 Å². The normalized spacial score (nSPS) is 10.2. The molecule has 0 fully saturated rings. The highest BCUT2D eigenvalue weighted by Gasteiger charge is 2.09.